The zero-order chi connectivity index (χ0) is 13.1. The van der Waals surface area contributed by atoms with Gasteiger partial charge in [0.1, 0.15) is 6.04 Å². The van der Waals surface area contributed by atoms with Gasteiger partial charge in [-0.15, -0.1) is 0 Å². The monoisotopic (exact) mass is 242 g/mol. The summed E-state index contributed by atoms with van der Waals surface area (Å²) in [6.45, 7) is 7.01. The standard InChI is InChI=1S/C12H22N2O3/c1-12(2,3)9(11(16)17)14-10(15)8-5-4-6-13-7-8/h8-9,13H,4-7H2,1-3H3,(H,14,15)(H,16,17)/t8-,9+/m1/s1. The molecule has 1 fully saturated rings. The van der Waals surface area contributed by atoms with Crippen molar-refractivity contribution in [3.63, 3.8) is 0 Å². The number of aliphatic carboxylic acids is 1. The van der Waals surface area contributed by atoms with Gasteiger partial charge < -0.3 is 15.7 Å². The summed E-state index contributed by atoms with van der Waals surface area (Å²) in [4.78, 5) is 23.1. The third kappa shape index (κ3) is 4.00. The molecule has 0 bridgehead atoms. The first kappa shape index (κ1) is 14.0. The van der Waals surface area contributed by atoms with Crippen molar-refractivity contribution in [1.82, 2.24) is 10.6 Å². The molecule has 1 amide bonds. The predicted molar refractivity (Wildman–Crippen MR) is 64.6 cm³/mol. The van der Waals surface area contributed by atoms with Crippen LogP contribution in [-0.2, 0) is 9.59 Å². The molecule has 0 radical (unpaired) electrons. The minimum atomic E-state index is -0.977. The molecule has 1 saturated heterocycles. The Labute approximate surface area is 102 Å². The van der Waals surface area contributed by atoms with Crippen LogP contribution in [0.3, 0.4) is 0 Å². The molecule has 1 aliphatic rings. The molecule has 2 atom stereocenters. The summed E-state index contributed by atoms with van der Waals surface area (Å²) >= 11 is 0. The second-order valence-corrected chi connectivity index (χ2v) is 5.69. The zero-order valence-corrected chi connectivity index (χ0v) is 10.7. The Kier molecular flexibility index (Phi) is 4.51. The smallest absolute Gasteiger partial charge is 0.326 e. The fourth-order valence-electron chi connectivity index (χ4n) is 1.98. The Morgan fingerprint density at radius 3 is 2.47 bits per heavy atom. The summed E-state index contributed by atoms with van der Waals surface area (Å²) < 4.78 is 0. The van der Waals surface area contributed by atoms with Gasteiger partial charge in [-0.3, -0.25) is 4.79 Å². The van der Waals surface area contributed by atoms with E-state index in [1.165, 1.54) is 0 Å². The lowest BCUT2D eigenvalue weighted by molar-refractivity contribution is -0.145. The number of carboxylic acids is 1. The molecule has 1 aliphatic heterocycles. The SMILES string of the molecule is CC(C)(C)[C@@H](NC(=O)[C@@H]1CCCNC1)C(=O)O. The van der Waals surface area contributed by atoms with Gasteiger partial charge in [-0.05, 0) is 24.8 Å². The van der Waals surface area contributed by atoms with Crippen LogP contribution in [0.15, 0.2) is 0 Å². The molecule has 0 unspecified atom stereocenters. The van der Waals surface area contributed by atoms with E-state index in [4.69, 9.17) is 5.11 Å². The van der Waals surface area contributed by atoms with Crippen LogP contribution in [0.1, 0.15) is 33.6 Å². The van der Waals surface area contributed by atoms with Gasteiger partial charge in [-0.1, -0.05) is 20.8 Å². The summed E-state index contributed by atoms with van der Waals surface area (Å²) in [6, 6.07) is -0.836. The van der Waals surface area contributed by atoms with Crippen molar-refractivity contribution < 1.29 is 14.7 Å². The molecule has 0 aromatic heterocycles. The topological polar surface area (TPSA) is 78.4 Å². The molecule has 1 heterocycles. The molecule has 5 nitrogen and oxygen atoms in total. The van der Waals surface area contributed by atoms with Crippen molar-refractivity contribution in [2.24, 2.45) is 11.3 Å². The number of carbonyl (C=O) groups excluding carboxylic acids is 1. The molecule has 5 heteroatoms. The number of carbonyl (C=O) groups is 2. The van der Waals surface area contributed by atoms with Crippen molar-refractivity contribution >= 4 is 11.9 Å². The van der Waals surface area contributed by atoms with E-state index in [0.717, 1.165) is 19.4 Å². The number of amides is 1. The van der Waals surface area contributed by atoms with Gasteiger partial charge in [-0.25, -0.2) is 4.79 Å². The maximum Gasteiger partial charge on any atom is 0.326 e. The number of carboxylic acid groups (broad SMARTS) is 1. The highest BCUT2D eigenvalue weighted by Gasteiger charge is 2.34. The number of hydrogen-bond donors (Lipinski definition) is 3. The van der Waals surface area contributed by atoms with Gasteiger partial charge >= 0.3 is 5.97 Å². The first-order valence-electron chi connectivity index (χ1n) is 6.06. The van der Waals surface area contributed by atoms with E-state index >= 15 is 0 Å². The maximum atomic E-state index is 11.9. The Bertz CT molecular complexity index is 291. The van der Waals surface area contributed by atoms with Crippen molar-refractivity contribution in [2.75, 3.05) is 13.1 Å². The van der Waals surface area contributed by atoms with Gasteiger partial charge in [0.2, 0.25) is 5.91 Å². The number of rotatable bonds is 3. The minimum absolute atomic E-state index is 0.104. The molecule has 0 saturated carbocycles. The van der Waals surface area contributed by atoms with Crippen LogP contribution < -0.4 is 10.6 Å². The highest BCUT2D eigenvalue weighted by atomic mass is 16.4. The Morgan fingerprint density at radius 2 is 2.06 bits per heavy atom. The Balaban J connectivity index is 2.60. The first-order chi connectivity index (χ1) is 7.82. The van der Waals surface area contributed by atoms with Crippen LogP contribution in [0.25, 0.3) is 0 Å². The number of nitrogens with one attached hydrogen (secondary N) is 2. The molecule has 0 aromatic rings. The van der Waals surface area contributed by atoms with E-state index < -0.39 is 17.4 Å². The third-order valence-electron chi connectivity index (χ3n) is 3.07. The second-order valence-electron chi connectivity index (χ2n) is 5.69. The minimum Gasteiger partial charge on any atom is -0.480 e. The van der Waals surface area contributed by atoms with Crippen molar-refractivity contribution in [3.05, 3.63) is 0 Å². The van der Waals surface area contributed by atoms with Crippen LogP contribution in [0.4, 0.5) is 0 Å². The van der Waals surface area contributed by atoms with Crippen LogP contribution in [0, 0.1) is 11.3 Å². The van der Waals surface area contributed by atoms with Gasteiger partial charge in [0.25, 0.3) is 0 Å². The summed E-state index contributed by atoms with van der Waals surface area (Å²) in [5, 5.41) is 14.9. The molecular weight excluding hydrogens is 220 g/mol. The summed E-state index contributed by atoms with van der Waals surface area (Å²) in [7, 11) is 0. The van der Waals surface area contributed by atoms with Crippen LogP contribution >= 0.6 is 0 Å². The summed E-state index contributed by atoms with van der Waals surface area (Å²) in [6.07, 6.45) is 1.79. The predicted octanol–water partition coefficient (Wildman–Crippen LogP) is 0.602. The molecule has 1 rings (SSSR count). The Morgan fingerprint density at radius 1 is 1.41 bits per heavy atom. The van der Waals surface area contributed by atoms with Crippen molar-refractivity contribution in [3.8, 4) is 0 Å². The quantitative estimate of drug-likeness (QED) is 0.677. The van der Waals surface area contributed by atoms with Crippen molar-refractivity contribution in [2.45, 2.75) is 39.7 Å². The molecular formula is C12H22N2O3. The fraction of sp³-hybridized carbons (Fsp3) is 0.833. The average molecular weight is 242 g/mol. The lowest BCUT2D eigenvalue weighted by Crippen LogP contribution is -2.52. The highest BCUT2D eigenvalue weighted by Crippen LogP contribution is 2.20. The maximum absolute atomic E-state index is 11.9. The molecule has 3 N–H and O–H groups in total. The van der Waals surface area contributed by atoms with E-state index in [1.54, 1.807) is 0 Å². The van der Waals surface area contributed by atoms with Crippen LogP contribution in [0.2, 0.25) is 0 Å². The van der Waals surface area contributed by atoms with Crippen molar-refractivity contribution in [1.29, 1.82) is 0 Å². The van der Waals surface area contributed by atoms with Crippen LogP contribution in [-0.4, -0.2) is 36.1 Å². The number of piperidine rings is 1. The highest BCUT2D eigenvalue weighted by molar-refractivity contribution is 5.85. The van der Waals surface area contributed by atoms with Gasteiger partial charge in [0.05, 0.1) is 5.92 Å². The molecule has 0 aliphatic carbocycles. The largest absolute Gasteiger partial charge is 0.480 e. The summed E-state index contributed by atoms with van der Waals surface area (Å²) in [5.74, 6) is -1.23. The molecule has 0 aromatic carbocycles. The fourth-order valence-corrected chi connectivity index (χ4v) is 1.98. The number of hydrogen-bond acceptors (Lipinski definition) is 3. The van der Waals surface area contributed by atoms with Gasteiger partial charge in [0.15, 0.2) is 0 Å². The van der Waals surface area contributed by atoms with E-state index in [9.17, 15) is 9.59 Å². The van der Waals surface area contributed by atoms with E-state index in [-0.39, 0.29) is 11.8 Å². The van der Waals surface area contributed by atoms with E-state index in [2.05, 4.69) is 10.6 Å². The average Bonchev–Trinajstić information content (AvgIpc) is 2.24. The second kappa shape index (κ2) is 5.49. The third-order valence-corrected chi connectivity index (χ3v) is 3.07. The summed E-state index contributed by atoms with van der Waals surface area (Å²) in [5.41, 5.74) is -0.483. The van der Waals surface area contributed by atoms with Gasteiger partial charge in [0, 0.05) is 6.54 Å². The molecule has 98 valence electrons. The van der Waals surface area contributed by atoms with E-state index in [1.807, 2.05) is 20.8 Å². The first-order valence-corrected chi connectivity index (χ1v) is 6.06. The van der Waals surface area contributed by atoms with Gasteiger partial charge in [-0.2, -0.15) is 0 Å². The normalized spacial score (nSPS) is 22.9. The van der Waals surface area contributed by atoms with Crippen LogP contribution in [0.5, 0.6) is 0 Å². The lowest BCUT2D eigenvalue weighted by Gasteiger charge is -2.30. The Hall–Kier alpha value is -1.10. The molecule has 17 heavy (non-hydrogen) atoms. The molecule has 0 spiro atoms. The zero-order valence-electron chi connectivity index (χ0n) is 10.7. The van der Waals surface area contributed by atoms with E-state index in [0.29, 0.717) is 6.54 Å². The lowest BCUT2D eigenvalue weighted by atomic mass is 9.86.